The average Bonchev–Trinajstić information content (AvgIpc) is 3.27. The van der Waals surface area contributed by atoms with Crippen molar-refractivity contribution in [3.05, 3.63) is 182 Å². The Bertz CT molecular complexity index is 3520. The molecule has 0 aliphatic rings. The maximum atomic E-state index is 5.22. The molecule has 4 aromatic heterocycles. The van der Waals surface area contributed by atoms with E-state index in [1.165, 1.54) is 43.4 Å². The molecule has 0 aliphatic heterocycles. The third-order valence-electron chi connectivity index (χ3n) is 11.5. The van der Waals surface area contributed by atoms with Crippen LogP contribution in [0.25, 0.3) is 121 Å². The molecule has 12 aromatic rings. The Morgan fingerprint density at radius 3 is 1.64 bits per heavy atom. The van der Waals surface area contributed by atoms with Crippen molar-refractivity contribution < 1.29 is 0 Å². The normalized spacial score (nSPS) is 11.9. The summed E-state index contributed by atoms with van der Waals surface area (Å²) in [6.45, 7) is 0. The van der Waals surface area contributed by atoms with Gasteiger partial charge in [-0.3, -0.25) is 9.97 Å². The predicted octanol–water partition coefficient (Wildman–Crippen LogP) is 13.4. The van der Waals surface area contributed by atoms with Gasteiger partial charge in [-0.25, -0.2) is 9.97 Å². The molecule has 56 heavy (non-hydrogen) atoms. The number of aromatic nitrogens is 4. The molecule has 258 valence electrons. The zero-order valence-electron chi connectivity index (χ0n) is 30.1. The first-order chi connectivity index (χ1) is 27.7. The van der Waals surface area contributed by atoms with Gasteiger partial charge in [-0.15, -0.1) is 0 Å². The number of hydrogen-bond donors (Lipinski definition) is 0. The lowest BCUT2D eigenvalue weighted by atomic mass is 9.89. The predicted molar refractivity (Wildman–Crippen MR) is 233 cm³/mol. The Hall–Kier alpha value is -7.56. The molecule has 0 bridgehead atoms. The van der Waals surface area contributed by atoms with Crippen molar-refractivity contribution in [2.75, 3.05) is 0 Å². The van der Waals surface area contributed by atoms with Gasteiger partial charge in [0, 0.05) is 45.1 Å². The maximum absolute atomic E-state index is 5.22. The van der Waals surface area contributed by atoms with Crippen LogP contribution in [0.1, 0.15) is 0 Å². The van der Waals surface area contributed by atoms with Crippen molar-refractivity contribution in [2.24, 2.45) is 0 Å². The molecule has 0 radical (unpaired) electrons. The Balaban J connectivity index is 0.898. The highest BCUT2D eigenvalue weighted by Crippen LogP contribution is 2.40. The number of hydrogen-bond acceptors (Lipinski definition) is 4. The molecular weight excluding hydrogens is 681 g/mol. The van der Waals surface area contributed by atoms with E-state index < -0.39 is 0 Å². The molecule has 0 saturated carbocycles. The summed E-state index contributed by atoms with van der Waals surface area (Å²) in [5.41, 5.74) is 12.4. The first-order valence-electron chi connectivity index (χ1n) is 18.9. The van der Waals surface area contributed by atoms with E-state index in [0.29, 0.717) is 0 Å². The molecular formula is C52H30N4. The average molecular weight is 711 g/mol. The Labute approximate surface area is 321 Å². The number of fused-ring (bicyclic) bond motifs is 5. The molecule has 0 saturated heterocycles. The fraction of sp³-hybridized carbons (Fsp3) is 0. The van der Waals surface area contributed by atoms with Gasteiger partial charge in [-0.05, 0) is 97.0 Å². The van der Waals surface area contributed by atoms with Gasteiger partial charge in [-0.1, -0.05) is 127 Å². The summed E-state index contributed by atoms with van der Waals surface area (Å²) in [6.07, 6.45) is 3.66. The summed E-state index contributed by atoms with van der Waals surface area (Å²) in [5, 5.41) is 12.1. The van der Waals surface area contributed by atoms with Crippen LogP contribution in [0.4, 0.5) is 0 Å². The van der Waals surface area contributed by atoms with Crippen LogP contribution in [-0.2, 0) is 0 Å². The summed E-state index contributed by atoms with van der Waals surface area (Å²) < 4.78 is 0. The summed E-state index contributed by atoms with van der Waals surface area (Å²) in [6, 6.07) is 60.8. The summed E-state index contributed by atoms with van der Waals surface area (Å²) in [4.78, 5) is 19.7. The largest absolute Gasteiger partial charge is 0.254 e. The van der Waals surface area contributed by atoms with Crippen LogP contribution in [-0.4, -0.2) is 19.9 Å². The topological polar surface area (TPSA) is 51.6 Å². The first kappa shape index (κ1) is 30.9. The Kier molecular flexibility index (Phi) is 6.60. The SMILES string of the molecule is c1cnc2c(c1)cc(-c1ccc(-c3ccc4ccc(-c5ccc6ccc(-c7ccc8ccc9cccc%10ccc7c8c9%10)cc6n5)cc4n3)cc1)c1cccnc12. The number of benzene rings is 8. The van der Waals surface area contributed by atoms with Gasteiger partial charge in [0.25, 0.3) is 0 Å². The third kappa shape index (κ3) is 4.79. The molecule has 8 aromatic carbocycles. The Morgan fingerprint density at radius 2 is 0.857 bits per heavy atom. The van der Waals surface area contributed by atoms with E-state index in [1.54, 1.807) is 0 Å². The zero-order chi connectivity index (χ0) is 36.7. The quantitative estimate of drug-likeness (QED) is 0.171. The van der Waals surface area contributed by atoms with Gasteiger partial charge in [0.15, 0.2) is 0 Å². The lowest BCUT2D eigenvalue weighted by molar-refractivity contribution is 1.37. The minimum absolute atomic E-state index is 0.918. The monoisotopic (exact) mass is 710 g/mol. The minimum atomic E-state index is 0.918. The van der Waals surface area contributed by atoms with Gasteiger partial charge in [0.1, 0.15) is 0 Å². The second-order valence-electron chi connectivity index (χ2n) is 14.7. The highest BCUT2D eigenvalue weighted by Gasteiger charge is 2.14. The van der Waals surface area contributed by atoms with Gasteiger partial charge in [0.2, 0.25) is 0 Å². The van der Waals surface area contributed by atoms with E-state index in [9.17, 15) is 0 Å². The Morgan fingerprint density at radius 1 is 0.304 bits per heavy atom. The molecule has 0 fully saturated rings. The molecule has 12 rings (SSSR count). The number of rotatable bonds is 4. The summed E-state index contributed by atoms with van der Waals surface area (Å²) >= 11 is 0. The molecule has 0 amide bonds. The fourth-order valence-electron chi connectivity index (χ4n) is 8.71. The van der Waals surface area contributed by atoms with E-state index in [1.807, 2.05) is 24.5 Å². The molecule has 4 heteroatoms. The van der Waals surface area contributed by atoms with Crippen LogP contribution in [0.2, 0.25) is 0 Å². The van der Waals surface area contributed by atoms with E-state index in [4.69, 9.17) is 15.0 Å². The van der Waals surface area contributed by atoms with Crippen molar-refractivity contribution in [1.82, 2.24) is 19.9 Å². The van der Waals surface area contributed by atoms with E-state index in [0.717, 1.165) is 77.3 Å². The van der Waals surface area contributed by atoms with E-state index in [2.05, 4.69) is 163 Å². The van der Waals surface area contributed by atoms with Gasteiger partial charge >= 0.3 is 0 Å². The molecule has 4 nitrogen and oxygen atoms in total. The van der Waals surface area contributed by atoms with Crippen molar-refractivity contribution in [1.29, 1.82) is 0 Å². The van der Waals surface area contributed by atoms with Gasteiger partial charge < -0.3 is 0 Å². The van der Waals surface area contributed by atoms with E-state index >= 15 is 0 Å². The van der Waals surface area contributed by atoms with Gasteiger partial charge in [0.05, 0.1) is 33.5 Å². The lowest BCUT2D eigenvalue weighted by Gasteiger charge is -2.14. The number of pyridine rings is 4. The number of nitrogens with zero attached hydrogens (tertiary/aromatic N) is 4. The standard InChI is InChI=1S/C52H30N4/c1-4-35-14-15-37-18-22-41(42-23-19-36(5-1)49(35)50(37)42)38-16-12-33-21-25-46(56-47(33)29-38)39-17-13-34-20-24-45(55-48(34)30-39)32-10-8-31(9-11-32)44-28-40-6-2-26-53-51(40)52-43(44)7-3-27-54-52/h1-30H. The van der Waals surface area contributed by atoms with Crippen LogP contribution in [0.3, 0.4) is 0 Å². The van der Waals surface area contributed by atoms with Crippen molar-refractivity contribution in [2.45, 2.75) is 0 Å². The first-order valence-corrected chi connectivity index (χ1v) is 18.9. The molecule has 0 unspecified atom stereocenters. The summed E-state index contributed by atoms with van der Waals surface area (Å²) in [7, 11) is 0. The molecule has 0 N–H and O–H groups in total. The second kappa shape index (κ2) is 12.0. The van der Waals surface area contributed by atoms with Crippen LogP contribution in [0.15, 0.2) is 182 Å². The summed E-state index contributed by atoms with van der Waals surface area (Å²) in [5.74, 6) is 0. The van der Waals surface area contributed by atoms with Crippen LogP contribution >= 0.6 is 0 Å². The zero-order valence-corrected chi connectivity index (χ0v) is 30.1. The molecule has 4 heterocycles. The highest BCUT2D eigenvalue weighted by atomic mass is 14.7. The van der Waals surface area contributed by atoms with Crippen LogP contribution in [0.5, 0.6) is 0 Å². The smallest absolute Gasteiger partial charge is 0.0970 e. The van der Waals surface area contributed by atoms with E-state index in [-0.39, 0.29) is 0 Å². The van der Waals surface area contributed by atoms with Crippen molar-refractivity contribution in [3.8, 4) is 44.8 Å². The fourth-order valence-corrected chi connectivity index (χ4v) is 8.71. The maximum Gasteiger partial charge on any atom is 0.0970 e. The minimum Gasteiger partial charge on any atom is -0.254 e. The highest BCUT2D eigenvalue weighted by molar-refractivity contribution is 6.25. The van der Waals surface area contributed by atoms with Crippen LogP contribution in [0, 0.1) is 0 Å². The van der Waals surface area contributed by atoms with Crippen LogP contribution < -0.4 is 0 Å². The second-order valence-corrected chi connectivity index (χ2v) is 14.7. The van der Waals surface area contributed by atoms with Crippen molar-refractivity contribution in [3.63, 3.8) is 0 Å². The third-order valence-corrected chi connectivity index (χ3v) is 11.5. The van der Waals surface area contributed by atoms with Crippen molar-refractivity contribution >= 4 is 75.9 Å². The molecule has 0 aliphatic carbocycles. The lowest BCUT2D eigenvalue weighted by Crippen LogP contribution is -1.90. The van der Waals surface area contributed by atoms with Gasteiger partial charge in [-0.2, -0.15) is 0 Å². The molecule has 0 spiro atoms. The molecule has 0 atom stereocenters.